The number of amides is 1. The fraction of sp³-hybridized carbons (Fsp3) is 0.786. The number of allylic oxidation sites excluding steroid dienone is 1. The fourth-order valence-electron chi connectivity index (χ4n) is 2.46. The van der Waals surface area contributed by atoms with E-state index in [1.165, 1.54) is 19.3 Å². The van der Waals surface area contributed by atoms with Crippen molar-refractivity contribution in [1.29, 1.82) is 0 Å². The summed E-state index contributed by atoms with van der Waals surface area (Å²) in [6.07, 6.45) is 9.31. The summed E-state index contributed by atoms with van der Waals surface area (Å²) in [6.45, 7) is 2.46. The zero-order valence-corrected chi connectivity index (χ0v) is 12.8. The van der Waals surface area contributed by atoms with Crippen LogP contribution < -0.4 is 0 Å². The second-order valence-corrected chi connectivity index (χ2v) is 7.51. The van der Waals surface area contributed by atoms with Crippen molar-refractivity contribution in [3.05, 3.63) is 12.2 Å². The van der Waals surface area contributed by atoms with Gasteiger partial charge in [-0.1, -0.05) is 31.4 Å². The highest BCUT2D eigenvalue weighted by Gasteiger charge is 2.22. The molecule has 0 heterocycles. The third-order valence-electron chi connectivity index (χ3n) is 3.61. The number of nitrogens with zero attached hydrogens (tertiary/aromatic N) is 1. The van der Waals surface area contributed by atoms with Gasteiger partial charge in [0.1, 0.15) is 5.75 Å². The van der Waals surface area contributed by atoms with E-state index < -0.39 is 9.84 Å². The van der Waals surface area contributed by atoms with Crippen molar-refractivity contribution in [3.8, 4) is 0 Å². The van der Waals surface area contributed by atoms with Crippen molar-refractivity contribution >= 4 is 15.7 Å². The lowest BCUT2D eigenvalue weighted by atomic mass is 9.89. The molecular formula is C14H25NO3S. The Kier molecular flexibility index (Phi) is 6.55. The zero-order chi connectivity index (χ0) is 14.3. The van der Waals surface area contributed by atoms with Crippen molar-refractivity contribution in [3.63, 3.8) is 0 Å². The van der Waals surface area contributed by atoms with Gasteiger partial charge in [-0.05, 0) is 25.7 Å². The molecule has 1 fully saturated rings. The van der Waals surface area contributed by atoms with Gasteiger partial charge in [-0.2, -0.15) is 0 Å². The van der Waals surface area contributed by atoms with E-state index in [2.05, 4.69) is 0 Å². The topological polar surface area (TPSA) is 54.5 Å². The van der Waals surface area contributed by atoms with Crippen molar-refractivity contribution in [2.45, 2.75) is 39.0 Å². The molecule has 19 heavy (non-hydrogen) atoms. The molecule has 0 bridgehead atoms. The highest BCUT2D eigenvalue weighted by atomic mass is 32.2. The van der Waals surface area contributed by atoms with Gasteiger partial charge in [0.05, 0.1) is 5.75 Å². The van der Waals surface area contributed by atoms with Gasteiger partial charge in [-0.25, -0.2) is 8.42 Å². The highest BCUT2D eigenvalue weighted by molar-refractivity contribution is 7.92. The Hall–Kier alpha value is -0.840. The molecule has 1 amide bonds. The van der Waals surface area contributed by atoms with Crippen LogP contribution in [0.1, 0.15) is 39.0 Å². The van der Waals surface area contributed by atoms with E-state index in [1.807, 2.05) is 0 Å². The molecule has 0 N–H and O–H groups in total. The van der Waals surface area contributed by atoms with Crippen LogP contribution in [-0.4, -0.2) is 44.3 Å². The van der Waals surface area contributed by atoms with E-state index in [9.17, 15) is 13.2 Å². The zero-order valence-electron chi connectivity index (χ0n) is 12.0. The van der Waals surface area contributed by atoms with Crippen LogP contribution in [0, 0.1) is 5.92 Å². The molecule has 1 aliphatic rings. The molecule has 0 unspecified atom stereocenters. The number of hydrogen-bond acceptors (Lipinski definition) is 3. The Morgan fingerprint density at radius 3 is 2.47 bits per heavy atom. The van der Waals surface area contributed by atoms with Gasteiger partial charge in [-0.15, -0.1) is 0 Å². The fourth-order valence-corrected chi connectivity index (χ4v) is 3.66. The monoisotopic (exact) mass is 287 g/mol. The SMILES string of the molecule is CC=CCS(=O)(=O)CC(=O)N(C)CC1CCCCC1. The van der Waals surface area contributed by atoms with Crippen LogP contribution in [0.15, 0.2) is 12.2 Å². The molecule has 0 spiro atoms. The van der Waals surface area contributed by atoms with Crippen molar-refractivity contribution in [2.75, 3.05) is 25.1 Å². The summed E-state index contributed by atoms with van der Waals surface area (Å²) in [6, 6.07) is 0. The van der Waals surface area contributed by atoms with E-state index in [-0.39, 0.29) is 17.4 Å². The van der Waals surface area contributed by atoms with Gasteiger partial charge < -0.3 is 4.90 Å². The maximum atomic E-state index is 11.9. The average molecular weight is 287 g/mol. The Balaban J connectivity index is 2.43. The molecule has 1 aliphatic carbocycles. The Morgan fingerprint density at radius 1 is 1.26 bits per heavy atom. The van der Waals surface area contributed by atoms with Gasteiger partial charge in [0, 0.05) is 13.6 Å². The predicted octanol–water partition coefficient (Wildman–Crippen LogP) is 2.02. The van der Waals surface area contributed by atoms with Crippen LogP contribution >= 0.6 is 0 Å². The summed E-state index contributed by atoms with van der Waals surface area (Å²) in [4.78, 5) is 13.5. The molecule has 0 aromatic heterocycles. The molecule has 0 atom stereocenters. The molecule has 0 radical (unpaired) electrons. The van der Waals surface area contributed by atoms with E-state index in [0.717, 1.165) is 12.8 Å². The number of sulfone groups is 1. The van der Waals surface area contributed by atoms with Gasteiger partial charge in [0.15, 0.2) is 9.84 Å². The van der Waals surface area contributed by atoms with E-state index in [4.69, 9.17) is 0 Å². The van der Waals surface area contributed by atoms with Crippen LogP contribution in [0.2, 0.25) is 0 Å². The minimum absolute atomic E-state index is 0.0491. The Labute approximate surface area is 116 Å². The minimum atomic E-state index is -3.31. The molecule has 1 saturated carbocycles. The van der Waals surface area contributed by atoms with Crippen molar-refractivity contribution < 1.29 is 13.2 Å². The van der Waals surface area contributed by atoms with Crippen molar-refractivity contribution in [2.24, 2.45) is 5.92 Å². The molecular weight excluding hydrogens is 262 g/mol. The molecule has 110 valence electrons. The predicted molar refractivity (Wildman–Crippen MR) is 77.7 cm³/mol. The Morgan fingerprint density at radius 2 is 1.89 bits per heavy atom. The third-order valence-corrected chi connectivity index (χ3v) is 5.00. The van der Waals surface area contributed by atoms with Crippen LogP contribution in [0.4, 0.5) is 0 Å². The molecule has 1 rings (SSSR count). The first-order valence-electron chi connectivity index (χ1n) is 7.00. The number of hydrogen-bond donors (Lipinski definition) is 0. The summed E-state index contributed by atoms with van der Waals surface area (Å²) in [5.41, 5.74) is 0. The number of carbonyl (C=O) groups excluding carboxylic acids is 1. The van der Waals surface area contributed by atoms with E-state index in [0.29, 0.717) is 12.5 Å². The maximum absolute atomic E-state index is 11.9. The molecule has 0 saturated heterocycles. The average Bonchev–Trinajstić information content (AvgIpc) is 2.37. The van der Waals surface area contributed by atoms with Crippen LogP contribution in [0.5, 0.6) is 0 Å². The van der Waals surface area contributed by atoms with Crippen LogP contribution in [0.3, 0.4) is 0 Å². The molecule has 5 heteroatoms. The van der Waals surface area contributed by atoms with Crippen molar-refractivity contribution in [1.82, 2.24) is 4.90 Å². The smallest absolute Gasteiger partial charge is 0.237 e. The molecule has 0 aromatic carbocycles. The quantitative estimate of drug-likeness (QED) is 0.702. The summed E-state index contributed by atoms with van der Waals surface area (Å²) in [5.74, 6) is -0.163. The Bertz CT molecular complexity index is 408. The first-order chi connectivity index (χ1) is 8.94. The molecule has 0 aromatic rings. The second kappa shape index (κ2) is 7.68. The number of carbonyl (C=O) groups is 1. The number of rotatable bonds is 6. The highest BCUT2D eigenvalue weighted by Crippen LogP contribution is 2.24. The summed E-state index contributed by atoms with van der Waals surface area (Å²) >= 11 is 0. The largest absolute Gasteiger partial charge is 0.345 e. The summed E-state index contributed by atoms with van der Waals surface area (Å²) in [7, 11) is -1.60. The molecule has 0 aliphatic heterocycles. The first kappa shape index (κ1) is 16.2. The van der Waals surface area contributed by atoms with Gasteiger partial charge >= 0.3 is 0 Å². The van der Waals surface area contributed by atoms with Crippen LogP contribution in [-0.2, 0) is 14.6 Å². The lowest BCUT2D eigenvalue weighted by Gasteiger charge is -2.27. The van der Waals surface area contributed by atoms with Gasteiger partial charge in [0.2, 0.25) is 5.91 Å². The van der Waals surface area contributed by atoms with E-state index in [1.54, 1.807) is 31.0 Å². The first-order valence-corrected chi connectivity index (χ1v) is 8.82. The van der Waals surface area contributed by atoms with E-state index >= 15 is 0 Å². The normalized spacial score (nSPS) is 17.8. The molecule has 4 nitrogen and oxygen atoms in total. The second-order valence-electron chi connectivity index (χ2n) is 5.40. The van der Waals surface area contributed by atoms with Gasteiger partial charge in [0.25, 0.3) is 0 Å². The summed E-state index contributed by atoms with van der Waals surface area (Å²) in [5, 5.41) is 0. The third kappa shape index (κ3) is 6.23. The minimum Gasteiger partial charge on any atom is -0.345 e. The lowest BCUT2D eigenvalue weighted by molar-refractivity contribution is -0.127. The van der Waals surface area contributed by atoms with Crippen LogP contribution in [0.25, 0.3) is 0 Å². The standard InChI is InChI=1S/C14H25NO3S/c1-3-4-10-19(17,18)12-14(16)15(2)11-13-8-6-5-7-9-13/h3-4,13H,5-12H2,1-2H3. The lowest BCUT2D eigenvalue weighted by Crippen LogP contribution is -2.36. The maximum Gasteiger partial charge on any atom is 0.237 e. The van der Waals surface area contributed by atoms with Gasteiger partial charge in [-0.3, -0.25) is 4.79 Å². The summed E-state index contributed by atoms with van der Waals surface area (Å²) < 4.78 is 23.4.